The van der Waals surface area contributed by atoms with Crippen molar-refractivity contribution in [1.82, 2.24) is 5.32 Å². The number of amides is 1. The third-order valence-electron chi connectivity index (χ3n) is 5.12. The molecule has 0 aliphatic heterocycles. The summed E-state index contributed by atoms with van der Waals surface area (Å²) < 4.78 is 12.2. The third-order valence-corrected chi connectivity index (χ3v) is 10.2. The lowest BCUT2D eigenvalue weighted by atomic mass is 10.2. The lowest BCUT2D eigenvalue weighted by Crippen LogP contribution is -2.69. The van der Waals surface area contributed by atoms with E-state index in [-0.39, 0.29) is 5.04 Å². The van der Waals surface area contributed by atoms with Gasteiger partial charge in [0.25, 0.3) is 8.32 Å². The zero-order valence-electron chi connectivity index (χ0n) is 19.6. The minimum absolute atomic E-state index is 0.233. The minimum atomic E-state index is -2.84. The summed E-state index contributed by atoms with van der Waals surface area (Å²) in [5.74, 6) is 0. The van der Waals surface area contributed by atoms with E-state index in [1.807, 2.05) is 43.3 Å². The SMILES string of the molecule is C[C@@H](O[Si](c1ccccc1)(c1ccccc1)C(C)(C)C)[C@H](C=O)NC(=O)OC(C)(C)C. The molecule has 1 amide bonds. The molecule has 2 rings (SSSR count). The van der Waals surface area contributed by atoms with Gasteiger partial charge < -0.3 is 19.3 Å². The number of aldehydes is 1. The Balaban J connectivity index is 2.48. The molecule has 31 heavy (non-hydrogen) atoms. The Morgan fingerprint density at radius 1 is 0.903 bits per heavy atom. The van der Waals surface area contributed by atoms with Gasteiger partial charge in [-0.15, -0.1) is 0 Å². The molecule has 0 aromatic heterocycles. The molecule has 0 heterocycles. The first-order chi connectivity index (χ1) is 14.4. The highest BCUT2D eigenvalue weighted by atomic mass is 28.4. The average molecular weight is 442 g/mol. The number of hydrogen-bond donors (Lipinski definition) is 1. The molecule has 2 atom stereocenters. The molecule has 0 saturated carbocycles. The molecule has 1 N–H and O–H groups in total. The van der Waals surface area contributed by atoms with Crippen molar-refractivity contribution in [2.45, 2.75) is 71.3 Å². The topological polar surface area (TPSA) is 64.6 Å². The molecule has 0 aliphatic rings. The molecule has 0 radical (unpaired) electrons. The summed E-state index contributed by atoms with van der Waals surface area (Å²) in [6.07, 6.45) is -0.481. The van der Waals surface area contributed by atoms with Gasteiger partial charge in [0.1, 0.15) is 17.9 Å². The van der Waals surface area contributed by atoms with E-state index in [1.165, 1.54) is 0 Å². The summed E-state index contributed by atoms with van der Waals surface area (Å²) in [6.45, 7) is 13.7. The Morgan fingerprint density at radius 3 is 1.71 bits per heavy atom. The predicted octanol–water partition coefficient (Wildman–Crippen LogP) is 4.04. The van der Waals surface area contributed by atoms with Crippen LogP contribution < -0.4 is 15.7 Å². The van der Waals surface area contributed by atoms with E-state index in [2.05, 4.69) is 50.4 Å². The van der Waals surface area contributed by atoms with Crippen molar-refractivity contribution in [3.05, 3.63) is 60.7 Å². The van der Waals surface area contributed by atoms with Gasteiger partial charge in [-0.25, -0.2) is 4.79 Å². The van der Waals surface area contributed by atoms with Crippen molar-refractivity contribution in [2.75, 3.05) is 0 Å². The van der Waals surface area contributed by atoms with Gasteiger partial charge >= 0.3 is 6.09 Å². The fourth-order valence-electron chi connectivity index (χ4n) is 3.75. The number of benzene rings is 2. The molecule has 0 spiro atoms. The van der Waals surface area contributed by atoms with Crippen molar-refractivity contribution in [2.24, 2.45) is 0 Å². The normalized spacial score (nSPS) is 14.4. The second kappa shape index (κ2) is 9.79. The van der Waals surface area contributed by atoms with Gasteiger partial charge in [0.15, 0.2) is 0 Å². The van der Waals surface area contributed by atoms with E-state index in [1.54, 1.807) is 20.8 Å². The highest BCUT2D eigenvalue weighted by Gasteiger charge is 2.51. The summed E-state index contributed by atoms with van der Waals surface area (Å²) in [5, 5.41) is 4.66. The van der Waals surface area contributed by atoms with Crippen LogP contribution in [0.2, 0.25) is 5.04 Å². The first-order valence-corrected chi connectivity index (χ1v) is 12.6. The number of nitrogens with one attached hydrogen (secondary N) is 1. The molecule has 2 aromatic rings. The van der Waals surface area contributed by atoms with Gasteiger partial charge in [0.05, 0.1) is 6.10 Å². The molecule has 2 aromatic carbocycles. The zero-order valence-corrected chi connectivity index (χ0v) is 20.6. The Labute approximate surface area is 187 Å². The molecule has 0 saturated heterocycles. The van der Waals surface area contributed by atoms with E-state index >= 15 is 0 Å². The van der Waals surface area contributed by atoms with Gasteiger partial charge in [-0.1, -0.05) is 81.4 Å². The number of hydrogen-bond acceptors (Lipinski definition) is 4. The number of carbonyl (C=O) groups excluding carboxylic acids is 2. The molecular formula is C25H35NO4Si. The van der Waals surface area contributed by atoms with Crippen LogP contribution in [0.1, 0.15) is 48.5 Å². The van der Waals surface area contributed by atoms with Crippen LogP contribution in [0.15, 0.2) is 60.7 Å². The first-order valence-electron chi connectivity index (χ1n) is 10.6. The maximum atomic E-state index is 12.3. The molecule has 5 nitrogen and oxygen atoms in total. The van der Waals surface area contributed by atoms with Gasteiger partial charge in [0.2, 0.25) is 0 Å². The quantitative estimate of drug-likeness (QED) is 0.520. The highest BCUT2D eigenvalue weighted by Crippen LogP contribution is 2.37. The average Bonchev–Trinajstić information content (AvgIpc) is 2.69. The Bertz CT molecular complexity index is 817. The molecule has 0 fully saturated rings. The lowest BCUT2D eigenvalue weighted by molar-refractivity contribution is -0.111. The van der Waals surface area contributed by atoms with Crippen LogP contribution in [0.4, 0.5) is 4.79 Å². The van der Waals surface area contributed by atoms with Gasteiger partial charge in [-0.2, -0.15) is 0 Å². The number of ether oxygens (including phenoxy) is 1. The summed E-state index contributed by atoms with van der Waals surface area (Å²) in [6, 6.07) is 19.5. The van der Waals surface area contributed by atoms with Gasteiger partial charge in [-0.3, -0.25) is 0 Å². The molecule has 0 aliphatic carbocycles. The molecule has 168 valence electrons. The zero-order chi connectivity index (χ0) is 23.3. The fourth-order valence-corrected chi connectivity index (χ4v) is 8.47. The van der Waals surface area contributed by atoms with Crippen LogP contribution in [0.3, 0.4) is 0 Å². The molecule has 0 unspecified atom stereocenters. The Hall–Kier alpha value is -2.44. The number of alkyl carbamates (subject to hydrolysis) is 1. The van der Waals surface area contributed by atoms with Gasteiger partial charge in [-0.05, 0) is 43.1 Å². The smallest absolute Gasteiger partial charge is 0.408 e. The van der Waals surface area contributed by atoms with E-state index in [0.717, 1.165) is 10.4 Å². The van der Waals surface area contributed by atoms with E-state index < -0.39 is 32.2 Å². The van der Waals surface area contributed by atoms with Crippen molar-refractivity contribution in [3.63, 3.8) is 0 Å². The Kier molecular flexibility index (Phi) is 7.84. The van der Waals surface area contributed by atoms with Crippen LogP contribution in [0, 0.1) is 0 Å². The second-order valence-electron chi connectivity index (χ2n) is 9.79. The monoisotopic (exact) mass is 441 g/mol. The van der Waals surface area contributed by atoms with Crippen LogP contribution in [-0.2, 0) is 14.0 Å². The van der Waals surface area contributed by atoms with Crippen LogP contribution >= 0.6 is 0 Å². The molecule has 0 bridgehead atoms. The highest BCUT2D eigenvalue weighted by molar-refractivity contribution is 6.99. The van der Waals surface area contributed by atoms with E-state index in [9.17, 15) is 9.59 Å². The third kappa shape index (κ3) is 6.05. The Morgan fingerprint density at radius 2 is 1.35 bits per heavy atom. The van der Waals surface area contributed by atoms with Crippen molar-refractivity contribution in [3.8, 4) is 0 Å². The summed E-state index contributed by atoms with van der Waals surface area (Å²) in [4.78, 5) is 24.2. The molecular weight excluding hydrogens is 406 g/mol. The summed E-state index contributed by atoms with van der Waals surface area (Å²) in [7, 11) is -2.84. The van der Waals surface area contributed by atoms with E-state index in [0.29, 0.717) is 6.29 Å². The largest absolute Gasteiger partial charge is 0.444 e. The van der Waals surface area contributed by atoms with Crippen molar-refractivity contribution >= 4 is 31.1 Å². The number of carbonyl (C=O) groups is 2. The lowest BCUT2D eigenvalue weighted by Gasteiger charge is -2.45. The van der Waals surface area contributed by atoms with E-state index in [4.69, 9.17) is 9.16 Å². The number of rotatable bonds is 7. The predicted molar refractivity (Wildman–Crippen MR) is 127 cm³/mol. The van der Waals surface area contributed by atoms with Crippen LogP contribution in [0.25, 0.3) is 0 Å². The van der Waals surface area contributed by atoms with Crippen LogP contribution in [-0.4, -0.2) is 38.4 Å². The fraction of sp³-hybridized carbons (Fsp3) is 0.440. The van der Waals surface area contributed by atoms with Crippen molar-refractivity contribution < 1.29 is 18.8 Å². The standard InChI is InChI=1S/C25H35NO4Si/c1-19(22(18-27)26-23(28)29-24(2,3)4)30-31(25(5,6)7,20-14-10-8-11-15-20)21-16-12-9-13-17-21/h8-19,22H,1-7H3,(H,26,28)/t19-,22+/m1/s1. The van der Waals surface area contributed by atoms with Crippen molar-refractivity contribution in [1.29, 1.82) is 0 Å². The maximum absolute atomic E-state index is 12.3. The maximum Gasteiger partial charge on any atom is 0.408 e. The van der Waals surface area contributed by atoms with Gasteiger partial charge in [0, 0.05) is 0 Å². The minimum Gasteiger partial charge on any atom is -0.444 e. The molecule has 6 heteroatoms. The van der Waals surface area contributed by atoms with Crippen LogP contribution in [0.5, 0.6) is 0 Å². The summed E-state index contributed by atoms with van der Waals surface area (Å²) >= 11 is 0. The summed E-state index contributed by atoms with van der Waals surface area (Å²) in [5.41, 5.74) is -0.653. The first kappa shape index (κ1) is 24.8. The second-order valence-corrected chi connectivity index (χ2v) is 14.0.